The topological polar surface area (TPSA) is 66.5 Å². The third kappa shape index (κ3) is 4.67. The maximum absolute atomic E-state index is 13.1. The van der Waals surface area contributed by atoms with E-state index in [2.05, 4.69) is 27.9 Å². The highest BCUT2D eigenvalue weighted by Crippen LogP contribution is 2.22. The second-order valence-electron chi connectivity index (χ2n) is 5.21. The molecule has 24 heavy (non-hydrogen) atoms. The van der Waals surface area contributed by atoms with Crippen LogP contribution < -0.4 is 9.62 Å². The molecule has 2 aromatic rings. The molecule has 5 nitrogen and oxygen atoms in total. The van der Waals surface area contributed by atoms with Crippen molar-refractivity contribution in [3.05, 3.63) is 57.9 Å². The van der Waals surface area contributed by atoms with Gasteiger partial charge in [0.1, 0.15) is 11.9 Å². The van der Waals surface area contributed by atoms with Crippen LogP contribution in [0.5, 0.6) is 0 Å². The second-order valence-corrected chi connectivity index (χ2v) is 8.31. The molecule has 2 aromatic carbocycles. The number of amides is 1. The summed E-state index contributed by atoms with van der Waals surface area (Å²) < 4.78 is 39.3. The Labute approximate surface area is 154 Å². The van der Waals surface area contributed by atoms with E-state index >= 15 is 0 Å². The van der Waals surface area contributed by atoms with Gasteiger partial charge in [-0.3, -0.25) is 9.10 Å². The molecule has 0 aliphatic heterocycles. The van der Waals surface area contributed by atoms with Crippen LogP contribution in [0.3, 0.4) is 0 Å². The van der Waals surface area contributed by atoms with Crippen LogP contribution in [0.2, 0.25) is 0 Å². The molecule has 1 atom stereocenters. The molecule has 0 spiro atoms. The molecule has 0 bridgehead atoms. The molecule has 8 heteroatoms. The van der Waals surface area contributed by atoms with Crippen LogP contribution >= 0.6 is 22.6 Å². The second kappa shape index (κ2) is 7.47. The third-order valence-electron chi connectivity index (χ3n) is 3.28. The smallest absolute Gasteiger partial charge is 0.247 e. The number of carbonyl (C=O) groups excluding carboxylic acids is 1. The van der Waals surface area contributed by atoms with Crippen LogP contribution in [0.4, 0.5) is 15.8 Å². The van der Waals surface area contributed by atoms with Gasteiger partial charge in [0.15, 0.2) is 0 Å². The van der Waals surface area contributed by atoms with E-state index in [1.807, 2.05) is 12.1 Å². The van der Waals surface area contributed by atoms with Gasteiger partial charge in [-0.05, 0) is 78.0 Å². The van der Waals surface area contributed by atoms with Crippen molar-refractivity contribution in [1.29, 1.82) is 0 Å². The highest BCUT2D eigenvalue weighted by atomic mass is 127. The summed E-state index contributed by atoms with van der Waals surface area (Å²) in [5.74, 6) is -0.964. The Morgan fingerprint density at radius 2 is 1.67 bits per heavy atom. The lowest BCUT2D eigenvalue weighted by atomic mass is 10.2. The molecule has 0 saturated heterocycles. The normalized spacial score (nSPS) is 12.5. The monoisotopic (exact) mass is 462 g/mol. The first-order valence-corrected chi connectivity index (χ1v) is 9.92. The number of sulfonamides is 1. The molecule has 0 saturated carbocycles. The Bertz CT molecular complexity index is 823. The Balaban J connectivity index is 2.27. The Hall–Kier alpha value is -1.68. The summed E-state index contributed by atoms with van der Waals surface area (Å²) in [6.45, 7) is 1.48. The molecule has 2 rings (SSSR count). The van der Waals surface area contributed by atoms with Crippen LogP contribution in [0.1, 0.15) is 6.92 Å². The summed E-state index contributed by atoms with van der Waals surface area (Å²) in [4.78, 5) is 12.4. The van der Waals surface area contributed by atoms with Crippen molar-refractivity contribution in [2.45, 2.75) is 13.0 Å². The average molecular weight is 462 g/mol. The molecule has 0 aliphatic rings. The zero-order chi connectivity index (χ0) is 17.9. The fourth-order valence-electron chi connectivity index (χ4n) is 2.18. The molecular formula is C16H16FIN2O3S. The van der Waals surface area contributed by atoms with Gasteiger partial charge >= 0.3 is 0 Å². The minimum atomic E-state index is -3.73. The first-order valence-electron chi connectivity index (χ1n) is 7.00. The van der Waals surface area contributed by atoms with Crippen LogP contribution in [0.15, 0.2) is 48.5 Å². The average Bonchev–Trinajstić information content (AvgIpc) is 2.50. The summed E-state index contributed by atoms with van der Waals surface area (Å²) >= 11 is 2.14. The molecule has 128 valence electrons. The summed E-state index contributed by atoms with van der Waals surface area (Å²) in [6, 6.07) is 11.1. The van der Waals surface area contributed by atoms with Gasteiger partial charge in [-0.1, -0.05) is 0 Å². The molecule has 1 amide bonds. The van der Waals surface area contributed by atoms with Crippen LogP contribution in [0, 0.1) is 9.39 Å². The Morgan fingerprint density at radius 1 is 1.12 bits per heavy atom. The number of carbonyl (C=O) groups is 1. The van der Waals surface area contributed by atoms with E-state index in [0.717, 1.165) is 26.3 Å². The minimum Gasteiger partial charge on any atom is -0.324 e. The van der Waals surface area contributed by atoms with Gasteiger partial charge in [-0.25, -0.2) is 12.8 Å². The molecule has 0 heterocycles. The first-order chi connectivity index (χ1) is 11.2. The van der Waals surface area contributed by atoms with E-state index in [9.17, 15) is 17.6 Å². The first kappa shape index (κ1) is 18.7. The standard InChI is InChI=1S/C16H16FIN2O3S/c1-11(16(21)19-14-7-5-13(18)6-8-14)20(24(2,22)23)15-9-3-12(17)4-10-15/h3-11H,1-2H3,(H,19,21)/t11-/m1/s1. The molecular weight excluding hydrogens is 446 g/mol. The summed E-state index contributed by atoms with van der Waals surface area (Å²) in [5, 5.41) is 2.68. The van der Waals surface area contributed by atoms with Gasteiger partial charge < -0.3 is 5.32 Å². The van der Waals surface area contributed by atoms with Gasteiger partial charge in [-0.2, -0.15) is 0 Å². The highest BCUT2D eigenvalue weighted by molar-refractivity contribution is 14.1. The summed E-state index contributed by atoms with van der Waals surface area (Å²) in [6.07, 6.45) is 1.00. The zero-order valence-corrected chi connectivity index (χ0v) is 16.0. The predicted octanol–water partition coefficient (Wildman–Crippen LogP) is 3.22. The molecule has 0 radical (unpaired) electrons. The number of nitrogens with zero attached hydrogens (tertiary/aromatic N) is 1. The molecule has 0 unspecified atom stereocenters. The minimum absolute atomic E-state index is 0.226. The van der Waals surface area contributed by atoms with E-state index in [-0.39, 0.29) is 5.69 Å². The SMILES string of the molecule is C[C@H](C(=O)Nc1ccc(I)cc1)N(c1ccc(F)cc1)S(C)(=O)=O. The summed E-state index contributed by atoms with van der Waals surface area (Å²) in [7, 11) is -3.73. The van der Waals surface area contributed by atoms with E-state index < -0.39 is 27.8 Å². The van der Waals surface area contributed by atoms with E-state index in [1.165, 1.54) is 19.1 Å². The van der Waals surface area contributed by atoms with Crippen molar-refractivity contribution in [1.82, 2.24) is 0 Å². The van der Waals surface area contributed by atoms with E-state index in [0.29, 0.717) is 5.69 Å². The van der Waals surface area contributed by atoms with Crippen molar-refractivity contribution >= 4 is 49.9 Å². The number of anilines is 2. The van der Waals surface area contributed by atoms with Gasteiger partial charge in [0.2, 0.25) is 15.9 Å². The van der Waals surface area contributed by atoms with Crippen molar-refractivity contribution in [3.63, 3.8) is 0 Å². The zero-order valence-electron chi connectivity index (χ0n) is 13.0. The molecule has 0 fully saturated rings. The van der Waals surface area contributed by atoms with E-state index in [4.69, 9.17) is 0 Å². The van der Waals surface area contributed by atoms with Crippen molar-refractivity contribution < 1.29 is 17.6 Å². The number of halogens is 2. The fraction of sp³-hybridized carbons (Fsp3) is 0.188. The lowest BCUT2D eigenvalue weighted by molar-refractivity contribution is -0.116. The number of nitrogens with one attached hydrogen (secondary N) is 1. The van der Waals surface area contributed by atoms with Gasteiger partial charge in [0.25, 0.3) is 0 Å². The fourth-order valence-corrected chi connectivity index (χ4v) is 3.71. The quantitative estimate of drug-likeness (QED) is 0.695. The van der Waals surface area contributed by atoms with Crippen LogP contribution in [0.25, 0.3) is 0 Å². The van der Waals surface area contributed by atoms with Crippen molar-refractivity contribution in [2.24, 2.45) is 0 Å². The molecule has 0 aromatic heterocycles. The predicted molar refractivity (Wildman–Crippen MR) is 101 cm³/mol. The maximum Gasteiger partial charge on any atom is 0.247 e. The molecule has 0 aliphatic carbocycles. The van der Waals surface area contributed by atoms with Crippen LogP contribution in [-0.4, -0.2) is 26.6 Å². The van der Waals surface area contributed by atoms with Crippen LogP contribution in [-0.2, 0) is 14.8 Å². The van der Waals surface area contributed by atoms with E-state index in [1.54, 1.807) is 12.1 Å². The Kier molecular flexibility index (Phi) is 5.81. The highest BCUT2D eigenvalue weighted by Gasteiger charge is 2.29. The number of benzene rings is 2. The third-order valence-corrected chi connectivity index (χ3v) is 5.24. The lowest BCUT2D eigenvalue weighted by Gasteiger charge is -2.28. The summed E-state index contributed by atoms with van der Waals surface area (Å²) in [5.41, 5.74) is 0.795. The Morgan fingerprint density at radius 3 is 2.17 bits per heavy atom. The van der Waals surface area contributed by atoms with Gasteiger partial charge in [0.05, 0.1) is 11.9 Å². The van der Waals surface area contributed by atoms with Crippen molar-refractivity contribution in [3.8, 4) is 0 Å². The number of hydrogen-bond acceptors (Lipinski definition) is 3. The lowest BCUT2D eigenvalue weighted by Crippen LogP contribution is -2.45. The number of hydrogen-bond donors (Lipinski definition) is 1. The van der Waals surface area contributed by atoms with Gasteiger partial charge in [0, 0.05) is 9.26 Å². The maximum atomic E-state index is 13.1. The number of rotatable bonds is 5. The van der Waals surface area contributed by atoms with Gasteiger partial charge in [-0.15, -0.1) is 0 Å². The largest absolute Gasteiger partial charge is 0.324 e. The van der Waals surface area contributed by atoms with Crippen molar-refractivity contribution in [2.75, 3.05) is 15.9 Å². The molecule has 1 N–H and O–H groups in total.